The number of benzene rings is 8. The van der Waals surface area contributed by atoms with Gasteiger partial charge in [0.15, 0.2) is 5.58 Å². The van der Waals surface area contributed by atoms with Crippen molar-refractivity contribution in [1.82, 2.24) is 18.9 Å². The number of rotatable bonds is 3. The van der Waals surface area contributed by atoms with Crippen LogP contribution < -0.4 is 0 Å². The third kappa shape index (κ3) is 3.86. The molecule has 0 spiro atoms. The highest BCUT2D eigenvalue weighted by atomic mass is 16.3. The second-order valence-corrected chi connectivity index (χ2v) is 14.6. The molecule has 0 unspecified atom stereocenters. The van der Waals surface area contributed by atoms with Crippen LogP contribution in [0.3, 0.4) is 0 Å². The van der Waals surface area contributed by atoms with E-state index in [1.807, 2.05) is 18.2 Å². The van der Waals surface area contributed by atoms with E-state index in [4.69, 9.17) is 14.4 Å². The van der Waals surface area contributed by atoms with Crippen molar-refractivity contribution in [3.63, 3.8) is 0 Å². The van der Waals surface area contributed by atoms with Gasteiger partial charge in [-0.1, -0.05) is 121 Å². The van der Waals surface area contributed by atoms with Gasteiger partial charge >= 0.3 is 0 Å². The Balaban J connectivity index is 1.20. The number of para-hydroxylation sites is 3. The molecule has 0 aliphatic heterocycles. The molecule has 0 saturated heterocycles. The average molecular weight is 701 g/mol. The SMILES string of the molecule is c1ccc(-c2ccc3c(c2)c2cc4c5ccccc5n(-c5nc(-c6ccc7ccccc7c6)c6oc7ccccc7c6n5)c4c4c5ccccc5n3c24)cc1. The van der Waals surface area contributed by atoms with Gasteiger partial charge in [0, 0.05) is 43.3 Å². The summed E-state index contributed by atoms with van der Waals surface area (Å²) < 4.78 is 11.3. The van der Waals surface area contributed by atoms with Crippen molar-refractivity contribution in [3.05, 3.63) is 170 Å². The lowest BCUT2D eigenvalue weighted by atomic mass is 10.00. The van der Waals surface area contributed by atoms with E-state index in [9.17, 15) is 0 Å². The Bertz CT molecular complexity index is 3720. The molecule has 5 nitrogen and oxygen atoms in total. The summed E-state index contributed by atoms with van der Waals surface area (Å²) in [7, 11) is 0. The monoisotopic (exact) mass is 700 g/mol. The van der Waals surface area contributed by atoms with Crippen molar-refractivity contribution in [3.8, 4) is 28.3 Å². The summed E-state index contributed by atoms with van der Waals surface area (Å²) >= 11 is 0. The minimum absolute atomic E-state index is 0.613. The Morgan fingerprint density at radius 3 is 2.00 bits per heavy atom. The van der Waals surface area contributed by atoms with Gasteiger partial charge in [0.1, 0.15) is 16.8 Å². The molecule has 0 radical (unpaired) electrons. The van der Waals surface area contributed by atoms with Crippen LogP contribution >= 0.6 is 0 Å². The summed E-state index contributed by atoms with van der Waals surface area (Å²) in [5.74, 6) is 0.613. The summed E-state index contributed by atoms with van der Waals surface area (Å²) in [6.07, 6.45) is 0. The maximum Gasteiger partial charge on any atom is 0.236 e. The van der Waals surface area contributed by atoms with Crippen molar-refractivity contribution in [2.24, 2.45) is 0 Å². The summed E-state index contributed by atoms with van der Waals surface area (Å²) in [6.45, 7) is 0. The van der Waals surface area contributed by atoms with E-state index in [1.165, 1.54) is 60.0 Å². The third-order valence-corrected chi connectivity index (χ3v) is 11.6. The van der Waals surface area contributed by atoms with E-state index in [1.54, 1.807) is 0 Å². The number of aromatic nitrogens is 4. The number of hydrogen-bond donors (Lipinski definition) is 0. The van der Waals surface area contributed by atoms with Crippen LogP contribution in [0.2, 0.25) is 0 Å². The minimum atomic E-state index is 0.613. The summed E-state index contributed by atoms with van der Waals surface area (Å²) in [5.41, 5.74) is 12.2. The lowest BCUT2D eigenvalue weighted by Crippen LogP contribution is -2.03. The van der Waals surface area contributed by atoms with Crippen LogP contribution in [0, 0.1) is 0 Å². The highest BCUT2D eigenvalue weighted by Crippen LogP contribution is 2.47. The molecule has 0 aliphatic carbocycles. The van der Waals surface area contributed by atoms with Gasteiger partial charge in [-0.3, -0.25) is 4.57 Å². The first kappa shape index (κ1) is 29.0. The van der Waals surface area contributed by atoms with E-state index < -0.39 is 0 Å². The van der Waals surface area contributed by atoms with Gasteiger partial charge in [0.2, 0.25) is 5.95 Å². The molecule has 254 valence electrons. The molecule has 0 saturated carbocycles. The highest BCUT2D eigenvalue weighted by molar-refractivity contribution is 6.34. The van der Waals surface area contributed by atoms with Crippen LogP contribution in [-0.4, -0.2) is 18.9 Å². The lowest BCUT2D eigenvalue weighted by molar-refractivity contribution is 0.666. The van der Waals surface area contributed by atoms with Crippen LogP contribution in [0.1, 0.15) is 0 Å². The van der Waals surface area contributed by atoms with Gasteiger partial charge < -0.3 is 8.82 Å². The van der Waals surface area contributed by atoms with Crippen molar-refractivity contribution in [2.75, 3.05) is 0 Å². The van der Waals surface area contributed by atoms with E-state index in [0.29, 0.717) is 11.5 Å². The fourth-order valence-corrected chi connectivity index (χ4v) is 9.24. The van der Waals surface area contributed by atoms with Gasteiger partial charge in [-0.15, -0.1) is 0 Å². The number of fused-ring (bicyclic) bond motifs is 14. The molecule has 0 fully saturated rings. The molecule has 0 amide bonds. The number of furan rings is 1. The highest BCUT2D eigenvalue weighted by Gasteiger charge is 2.26. The van der Waals surface area contributed by atoms with Gasteiger partial charge in [-0.2, -0.15) is 0 Å². The van der Waals surface area contributed by atoms with Crippen molar-refractivity contribution >= 4 is 92.7 Å². The molecule has 0 N–H and O–H groups in total. The molecule has 55 heavy (non-hydrogen) atoms. The quantitative estimate of drug-likeness (QED) is 0.184. The molecular formula is C50H28N4O. The summed E-state index contributed by atoms with van der Waals surface area (Å²) in [6, 6.07) is 60.6. The van der Waals surface area contributed by atoms with Crippen molar-refractivity contribution < 1.29 is 4.42 Å². The number of nitrogens with zero attached hydrogens (tertiary/aromatic N) is 4. The van der Waals surface area contributed by atoms with Gasteiger partial charge in [-0.05, 0) is 70.4 Å². The first-order valence-corrected chi connectivity index (χ1v) is 18.7. The third-order valence-electron chi connectivity index (χ3n) is 11.6. The molecule has 5 heteroatoms. The van der Waals surface area contributed by atoms with Crippen LogP contribution in [-0.2, 0) is 0 Å². The molecule has 0 atom stereocenters. The fourth-order valence-electron chi connectivity index (χ4n) is 9.24. The normalized spacial score (nSPS) is 12.4. The smallest absolute Gasteiger partial charge is 0.236 e. The Kier molecular flexibility index (Phi) is 5.57. The van der Waals surface area contributed by atoms with E-state index in [-0.39, 0.29) is 0 Å². The standard InChI is InChI=1S/C50H28N4O/c1-2-12-29(13-3-1)32-24-25-42-37(27-32)39-28-38-34-16-6-9-19-40(34)54(48(38)44-35-17-7-10-20-41(35)53(42)47(39)44)50-51-45(33-23-22-30-14-4-5-15-31(30)26-33)49-46(52-50)36-18-8-11-21-43(36)55-49/h1-28H. The van der Waals surface area contributed by atoms with E-state index in [0.717, 1.165) is 49.5 Å². The zero-order valence-electron chi connectivity index (χ0n) is 29.4. The minimum Gasteiger partial charge on any atom is -0.452 e. The first-order valence-electron chi connectivity index (χ1n) is 18.7. The topological polar surface area (TPSA) is 48.3 Å². The van der Waals surface area contributed by atoms with Crippen molar-refractivity contribution in [2.45, 2.75) is 0 Å². The van der Waals surface area contributed by atoms with E-state index in [2.05, 4.69) is 161 Å². The second kappa shape index (κ2) is 10.6. The Hall–Kier alpha value is -7.50. The fraction of sp³-hybridized carbons (Fsp3) is 0. The Morgan fingerprint density at radius 1 is 0.418 bits per heavy atom. The maximum absolute atomic E-state index is 6.59. The predicted octanol–water partition coefficient (Wildman–Crippen LogP) is 13.1. The average Bonchev–Trinajstić information content (AvgIpc) is 3.98. The molecular weight excluding hydrogens is 673 g/mol. The number of hydrogen-bond acceptors (Lipinski definition) is 3. The van der Waals surface area contributed by atoms with Crippen LogP contribution in [0.4, 0.5) is 0 Å². The van der Waals surface area contributed by atoms with Crippen LogP contribution in [0.5, 0.6) is 0 Å². The largest absolute Gasteiger partial charge is 0.452 e. The Morgan fingerprint density at radius 2 is 1.11 bits per heavy atom. The summed E-state index contributed by atoms with van der Waals surface area (Å²) in [4.78, 5) is 10.9. The van der Waals surface area contributed by atoms with Gasteiger partial charge in [0.05, 0.1) is 27.6 Å². The van der Waals surface area contributed by atoms with Crippen LogP contribution in [0.15, 0.2) is 174 Å². The Labute approximate surface area is 313 Å². The first-order chi connectivity index (χ1) is 27.3. The summed E-state index contributed by atoms with van der Waals surface area (Å²) in [5, 5.41) is 10.5. The van der Waals surface area contributed by atoms with Crippen LogP contribution in [0.25, 0.3) is 121 Å². The molecule has 5 aromatic heterocycles. The molecule has 0 bridgehead atoms. The molecule has 13 rings (SSSR count). The lowest BCUT2D eigenvalue weighted by Gasteiger charge is -2.11. The zero-order chi connectivity index (χ0) is 35.8. The maximum atomic E-state index is 6.59. The second-order valence-electron chi connectivity index (χ2n) is 14.6. The predicted molar refractivity (Wildman–Crippen MR) is 227 cm³/mol. The van der Waals surface area contributed by atoms with Gasteiger partial charge in [-0.25, -0.2) is 9.97 Å². The molecule has 5 heterocycles. The molecule has 8 aromatic carbocycles. The van der Waals surface area contributed by atoms with Crippen molar-refractivity contribution in [1.29, 1.82) is 0 Å². The van der Waals surface area contributed by atoms with Gasteiger partial charge in [0.25, 0.3) is 0 Å². The molecule has 0 aliphatic rings. The zero-order valence-corrected chi connectivity index (χ0v) is 29.4. The van der Waals surface area contributed by atoms with E-state index >= 15 is 0 Å². The molecule has 13 aromatic rings.